The van der Waals surface area contributed by atoms with Gasteiger partial charge in [-0.05, 0) is 20.0 Å². The van der Waals surface area contributed by atoms with E-state index in [4.69, 9.17) is 11.6 Å². The van der Waals surface area contributed by atoms with E-state index in [1.807, 2.05) is 23.9 Å². The second kappa shape index (κ2) is 7.40. The van der Waals surface area contributed by atoms with Crippen LogP contribution in [0, 0.1) is 5.92 Å². The van der Waals surface area contributed by atoms with E-state index in [9.17, 15) is 4.79 Å². The molecule has 106 valence electrons. The van der Waals surface area contributed by atoms with Crippen LogP contribution in [0.2, 0.25) is 5.15 Å². The van der Waals surface area contributed by atoms with Crippen LogP contribution in [-0.4, -0.2) is 59.4 Å². The van der Waals surface area contributed by atoms with Gasteiger partial charge in [-0.15, -0.1) is 0 Å². The van der Waals surface area contributed by atoms with Crippen molar-refractivity contribution in [2.75, 3.05) is 33.7 Å². The lowest BCUT2D eigenvalue weighted by Gasteiger charge is -2.25. The third-order valence-corrected chi connectivity index (χ3v) is 2.72. The van der Waals surface area contributed by atoms with Crippen LogP contribution in [0.1, 0.15) is 24.3 Å². The molecule has 0 aliphatic heterocycles. The molecule has 1 aromatic heterocycles. The first-order valence-corrected chi connectivity index (χ1v) is 6.69. The lowest BCUT2D eigenvalue weighted by atomic mass is 10.2. The van der Waals surface area contributed by atoms with Crippen molar-refractivity contribution < 1.29 is 4.79 Å². The van der Waals surface area contributed by atoms with Gasteiger partial charge in [0.15, 0.2) is 0 Å². The first-order valence-electron chi connectivity index (χ1n) is 6.31. The topological polar surface area (TPSA) is 49.3 Å². The standard InChI is InChI=1S/C13H21ClN4O/c1-10(2)9-18(6-5-17(3)4)13(19)11-7-16-12(14)8-15-11/h7-8,10H,5-6,9H2,1-4H3. The average molecular weight is 285 g/mol. The molecule has 0 saturated heterocycles. The normalized spacial score (nSPS) is 11.1. The fourth-order valence-electron chi connectivity index (χ4n) is 1.62. The van der Waals surface area contributed by atoms with Crippen molar-refractivity contribution in [1.29, 1.82) is 0 Å². The highest BCUT2D eigenvalue weighted by atomic mass is 35.5. The largest absolute Gasteiger partial charge is 0.336 e. The summed E-state index contributed by atoms with van der Waals surface area (Å²) in [7, 11) is 3.97. The summed E-state index contributed by atoms with van der Waals surface area (Å²) in [6.45, 7) is 6.37. The van der Waals surface area contributed by atoms with Crippen LogP contribution in [0.25, 0.3) is 0 Å². The molecule has 0 radical (unpaired) electrons. The molecule has 0 spiro atoms. The predicted octanol–water partition coefficient (Wildman–Crippen LogP) is 1.79. The Morgan fingerprint density at radius 2 is 1.95 bits per heavy atom. The van der Waals surface area contributed by atoms with Gasteiger partial charge in [-0.3, -0.25) is 4.79 Å². The molecule has 0 N–H and O–H groups in total. The Bertz CT molecular complexity index is 406. The molecule has 0 aromatic carbocycles. The van der Waals surface area contributed by atoms with Gasteiger partial charge in [-0.2, -0.15) is 0 Å². The first kappa shape index (κ1) is 15.9. The Kier molecular flexibility index (Phi) is 6.18. The zero-order valence-electron chi connectivity index (χ0n) is 11.9. The molecule has 1 amide bonds. The fraction of sp³-hybridized carbons (Fsp3) is 0.615. The molecular weight excluding hydrogens is 264 g/mol. The van der Waals surface area contributed by atoms with Crippen LogP contribution in [-0.2, 0) is 0 Å². The summed E-state index contributed by atoms with van der Waals surface area (Å²) in [5, 5.41) is 0.292. The van der Waals surface area contributed by atoms with Crippen LogP contribution in [0.15, 0.2) is 12.4 Å². The van der Waals surface area contributed by atoms with Gasteiger partial charge in [-0.25, -0.2) is 9.97 Å². The maximum atomic E-state index is 12.4. The maximum absolute atomic E-state index is 12.4. The van der Waals surface area contributed by atoms with E-state index in [0.29, 0.717) is 29.9 Å². The summed E-state index contributed by atoms with van der Waals surface area (Å²) in [5.41, 5.74) is 0.337. The number of carbonyl (C=O) groups excluding carboxylic acids is 1. The van der Waals surface area contributed by atoms with Gasteiger partial charge in [0.1, 0.15) is 10.8 Å². The van der Waals surface area contributed by atoms with Crippen LogP contribution in [0.4, 0.5) is 0 Å². The Labute approximate surface area is 119 Å². The van der Waals surface area contributed by atoms with Gasteiger partial charge in [0.2, 0.25) is 0 Å². The van der Waals surface area contributed by atoms with Crippen molar-refractivity contribution in [3.05, 3.63) is 23.2 Å². The molecule has 0 saturated carbocycles. The number of amides is 1. The zero-order valence-corrected chi connectivity index (χ0v) is 12.7. The molecule has 19 heavy (non-hydrogen) atoms. The Hall–Kier alpha value is -1.20. The zero-order chi connectivity index (χ0) is 14.4. The molecule has 0 aliphatic rings. The molecule has 1 heterocycles. The SMILES string of the molecule is CC(C)CN(CCN(C)C)C(=O)c1cnc(Cl)cn1. The molecular formula is C13H21ClN4O. The minimum atomic E-state index is -0.0975. The second-order valence-corrected chi connectivity index (χ2v) is 5.56. The van der Waals surface area contributed by atoms with E-state index in [-0.39, 0.29) is 5.91 Å². The highest BCUT2D eigenvalue weighted by molar-refractivity contribution is 6.29. The summed E-state index contributed by atoms with van der Waals surface area (Å²) < 4.78 is 0. The van der Waals surface area contributed by atoms with Crippen LogP contribution in [0.3, 0.4) is 0 Å². The Morgan fingerprint density at radius 1 is 1.26 bits per heavy atom. The summed E-state index contributed by atoms with van der Waals surface area (Å²) in [6, 6.07) is 0. The van der Waals surface area contributed by atoms with Crippen molar-refractivity contribution >= 4 is 17.5 Å². The van der Waals surface area contributed by atoms with Crippen LogP contribution >= 0.6 is 11.6 Å². The number of rotatable bonds is 6. The Morgan fingerprint density at radius 3 is 2.42 bits per heavy atom. The molecule has 1 rings (SSSR count). The summed E-state index contributed by atoms with van der Waals surface area (Å²) >= 11 is 5.68. The number of hydrogen-bond acceptors (Lipinski definition) is 4. The Balaban J connectivity index is 2.77. The minimum absolute atomic E-state index is 0.0975. The predicted molar refractivity (Wildman–Crippen MR) is 76.3 cm³/mol. The summed E-state index contributed by atoms with van der Waals surface area (Å²) in [6.07, 6.45) is 2.82. The molecule has 6 heteroatoms. The maximum Gasteiger partial charge on any atom is 0.274 e. The van der Waals surface area contributed by atoms with Gasteiger partial charge in [0.25, 0.3) is 5.91 Å². The molecule has 0 bridgehead atoms. The molecule has 1 aromatic rings. The van der Waals surface area contributed by atoms with Crippen LogP contribution in [0.5, 0.6) is 0 Å². The lowest BCUT2D eigenvalue weighted by molar-refractivity contribution is 0.0718. The van der Waals surface area contributed by atoms with Crippen molar-refractivity contribution in [2.45, 2.75) is 13.8 Å². The summed E-state index contributed by atoms with van der Waals surface area (Å²) in [4.78, 5) is 24.2. The molecule has 0 fully saturated rings. The highest BCUT2D eigenvalue weighted by Gasteiger charge is 2.18. The molecule has 0 atom stereocenters. The molecule has 5 nitrogen and oxygen atoms in total. The van der Waals surface area contributed by atoms with Crippen molar-refractivity contribution in [2.24, 2.45) is 5.92 Å². The van der Waals surface area contributed by atoms with Gasteiger partial charge in [0, 0.05) is 19.6 Å². The number of hydrogen-bond donors (Lipinski definition) is 0. The van der Waals surface area contributed by atoms with Crippen molar-refractivity contribution in [3.8, 4) is 0 Å². The molecule has 0 aliphatic carbocycles. The first-order chi connectivity index (χ1) is 8.90. The highest BCUT2D eigenvalue weighted by Crippen LogP contribution is 2.07. The van der Waals surface area contributed by atoms with Crippen molar-refractivity contribution in [3.63, 3.8) is 0 Å². The van der Waals surface area contributed by atoms with Gasteiger partial charge >= 0.3 is 0 Å². The quantitative estimate of drug-likeness (QED) is 0.799. The number of likely N-dealkylation sites (N-methyl/N-ethyl adjacent to an activating group) is 1. The monoisotopic (exact) mass is 284 g/mol. The lowest BCUT2D eigenvalue weighted by Crippen LogP contribution is -2.39. The fourth-order valence-corrected chi connectivity index (χ4v) is 1.72. The number of halogens is 1. The number of aromatic nitrogens is 2. The average Bonchev–Trinajstić information content (AvgIpc) is 2.34. The smallest absolute Gasteiger partial charge is 0.274 e. The van der Waals surface area contributed by atoms with Crippen molar-refractivity contribution in [1.82, 2.24) is 19.8 Å². The molecule has 0 unspecified atom stereocenters. The van der Waals surface area contributed by atoms with Gasteiger partial charge < -0.3 is 9.80 Å². The van der Waals surface area contributed by atoms with E-state index >= 15 is 0 Å². The van der Waals surface area contributed by atoms with Gasteiger partial charge in [-0.1, -0.05) is 25.4 Å². The number of carbonyl (C=O) groups is 1. The van der Waals surface area contributed by atoms with E-state index in [2.05, 4.69) is 23.8 Å². The second-order valence-electron chi connectivity index (χ2n) is 5.17. The van der Waals surface area contributed by atoms with Gasteiger partial charge in [0.05, 0.1) is 12.4 Å². The summed E-state index contributed by atoms with van der Waals surface area (Å²) in [5.74, 6) is 0.311. The van der Waals surface area contributed by atoms with E-state index in [1.165, 1.54) is 12.4 Å². The van der Waals surface area contributed by atoms with Crippen LogP contribution < -0.4 is 0 Å². The number of nitrogens with zero attached hydrogens (tertiary/aromatic N) is 4. The third-order valence-electron chi connectivity index (χ3n) is 2.53. The minimum Gasteiger partial charge on any atom is -0.336 e. The van der Waals surface area contributed by atoms with E-state index in [0.717, 1.165) is 6.54 Å². The van der Waals surface area contributed by atoms with E-state index < -0.39 is 0 Å². The van der Waals surface area contributed by atoms with E-state index in [1.54, 1.807) is 0 Å². The third kappa shape index (κ3) is 5.53.